The molecule has 0 radical (unpaired) electrons. The van der Waals surface area contributed by atoms with Crippen LogP contribution in [0.25, 0.3) is 0 Å². The fourth-order valence-corrected chi connectivity index (χ4v) is 2.49. The average molecular weight is 380 g/mol. The van der Waals surface area contributed by atoms with Crippen molar-refractivity contribution in [1.82, 2.24) is 9.80 Å². The first-order valence-electron chi connectivity index (χ1n) is 8.45. The number of carbonyl (C=O) groups excluding carboxylic acids is 3. The Morgan fingerprint density at radius 1 is 1.15 bits per heavy atom. The Bertz CT molecular complexity index is 686. The molecule has 1 aromatic rings. The molecule has 2 rings (SSSR count). The molecule has 9 nitrogen and oxygen atoms in total. The van der Waals surface area contributed by atoms with Crippen LogP contribution in [0.3, 0.4) is 0 Å². The van der Waals surface area contributed by atoms with Crippen LogP contribution in [-0.4, -0.2) is 88.3 Å². The number of ether oxygens (including phenoxy) is 4. The molecule has 1 heterocycles. The zero-order valence-corrected chi connectivity index (χ0v) is 15.7. The number of benzene rings is 1. The first-order valence-corrected chi connectivity index (χ1v) is 8.45. The van der Waals surface area contributed by atoms with Gasteiger partial charge in [-0.25, -0.2) is 4.79 Å². The highest BCUT2D eigenvalue weighted by Crippen LogP contribution is 2.28. The number of hydrogen-bond acceptors (Lipinski definition) is 7. The highest BCUT2D eigenvalue weighted by molar-refractivity contribution is 5.90. The van der Waals surface area contributed by atoms with Gasteiger partial charge in [0.2, 0.25) is 5.91 Å². The van der Waals surface area contributed by atoms with Gasteiger partial charge in [0.05, 0.1) is 39.5 Å². The van der Waals surface area contributed by atoms with Crippen LogP contribution in [-0.2, 0) is 19.1 Å². The molecule has 0 aliphatic carbocycles. The van der Waals surface area contributed by atoms with E-state index in [1.54, 1.807) is 11.9 Å². The number of amides is 2. The molecule has 2 amide bonds. The highest BCUT2D eigenvalue weighted by Gasteiger charge is 2.21. The van der Waals surface area contributed by atoms with Crippen molar-refractivity contribution < 1.29 is 33.3 Å². The zero-order chi connectivity index (χ0) is 19.8. The van der Waals surface area contributed by atoms with Gasteiger partial charge in [-0.3, -0.25) is 9.59 Å². The second-order valence-electron chi connectivity index (χ2n) is 5.89. The van der Waals surface area contributed by atoms with Gasteiger partial charge in [-0.2, -0.15) is 0 Å². The van der Waals surface area contributed by atoms with Crippen molar-refractivity contribution in [3.8, 4) is 11.5 Å². The number of methoxy groups -OCH3 is 2. The van der Waals surface area contributed by atoms with E-state index in [0.29, 0.717) is 43.4 Å². The first kappa shape index (κ1) is 20.5. The van der Waals surface area contributed by atoms with E-state index in [4.69, 9.17) is 14.2 Å². The Balaban J connectivity index is 1.90. The zero-order valence-electron chi connectivity index (χ0n) is 15.7. The third-order valence-electron chi connectivity index (χ3n) is 4.10. The number of hydrogen-bond donors (Lipinski definition) is 0. The molecule has 0 atom stereocenters. The summed E-state index contributed by atoms with van der Waals surface area (Å²) in [6.07, 6.45) is 0. The van der Waals surface area contributed by atoms with Gasteiger partial charge in [-0.15, -0.1) is 0 Å². The van der Waals surface area contributed by atoms with Crippen molar-refractivity contribution >= 4 is 17.8 Å². The third-order valence-corrected chi connectivity index (χ3v) is 4.10. The minimum absolute atomic E-state index is 0.0272. The van der Waals surface area contributed by atoms with E-state index in [0.717, 1.165) is 0 Å². The molecule has 1 aliphatic rings. The largest absolute Gasteiger partial charge is 0.493 e. The molecule has 0 bridgehead atoms. The van der Waals surface area contributed by atoms with Crippen molar-refractivity contribution in [2.45, 2.75) is 0 Å². The number of esters is 1. The lowest BCUT2D eigenvalue weighted by Crippen LogP contribution is -2.46. The third kappa shape index (κ3) is 5.58. The normalized spacial score (nSPS) is 13.7. The highest BCUT2D eigenvalue weighted by atomic mass is 16.5. The van der Waals surface area contributed by atoms with Gasteiger partial charge in [0.1, 0.15) is 0 Å². The van der Waals surface area contributed by atoms with Gasteiger partial charge in [-0.05, 0) is 18.2 Å². The van der Waals surface area contributed by atoms with Crippen LogP contribution in [0.15, 0.2) is 18.2 Å². The minimum Gasteiger partial charge on any atom is -0.493 e. The van der Waals surface area contributed by atoms with Gasteiger partial charge < -0.3 is 28.7 Å². The summed E-state index contributed by atoms with van der Waals surface area (Å²) in [6, 6.07) is 4.51. The molecule has 1 aliphatic heterocycles. The number of morpholine rings is 1. The molecule has 0 aromatic heterocycles. The molecule has 1 saturated heterocycles. The maximum absolute atomic E-state index is 12.2. The summed E-state index contributed by atoms with van der Waals surface area (Å²) in [5.74, 6) is -0.369. The predicted molar refractivity (Wildman–Crippen MR) is 94.9 cm³/mol. The Hall–Kier alpha value is -2.81. The Morgan fingerprint density at radius 3 is 2.48 bits per heavy atom. The second kappa shape index (κ2) is 9.77. The molecular formula is C18H24N2O7. The van der Waals surface area contributed by atoms with E-state index in [1.807, 2.05) is 0 Å². The first-order chi connectivity index (χ1) is 13.0. The fourth-order valence-electron chi connectivity index (χ4n) is 2.49. The van der Waals surface area contributed by atoms with E-state index < -0.39 is 5.97 Å². The van der Waals surface area contributed by atoms with E-state index in [9.17, 15) is 14.4 Å². The summed E-state index contributed by atoms with van der Waals surface area (Å²) in [5, 5.41) is 0. The van der Waals surface area contributed by atoms with Crippen molar-refractivity contribution in [1.29, 1.82) is 0 Å². The Kier molecular flexibility index (Phi) is 7.42. The second-order valence-corrected chi connectivity index (χ2v) is 5.89. The summed E-state index contributed by atoms with van der Waals surface area (Å²) < 4.78 is 20.5. The van der Waals surface area contributed by atoms with E-state index in [1.165, 1.54) is 37.3 Å². The number of nitrogens with zero attached hydrogens (tertiary/aromatic N) is 2. The van der Waals surface area contributed by atoms with Gasteiger partial charge in [0.25, 0.3) is 5.91 Å². The van der Waals surface area contributed by atoms with Gasteiger partial charge in [0, 0.05) is 20.1 Å². The van der Waals surface area contributed by atoms with Crippen molar-refractivity contribution in [3.63, 3.8) is 0 Å². The van der Waals surface area contributed by atoms with E-state index in [2.05, 4.69) is 4.74 Å². The monoisotopic (exact) mass is 380 g/mol. The van der Waals surface area contributed by atoms with Crippen molar-refractivity contribution in [2.75, 3.05) is 60.7 Å². The lowest BCUT2D eigenvalue weighted by molar-refractivity contribution is -0.142. The molecule has 148 valence electrons. The Labute approximate surface area is 157 Å². The van der Waals surface area contributed by atoms with Crippen LogP contribution in [0.1, 0.15) is 10.4 Å². The molecule has 1 aromatic carbocycles. The summed E-state index contributed by atoms with van der Waals surface area (Å²) in [6.45, 7) is 1.78. The molecular weight excluding hydrogens is 356 g/mol. The van der Waals surface area contributed by atoms with Crippen LogP contribution in [0, 0.1) is 0 Å². The maximum Gasteiger partial charge on any atom is 0.337 e. The molecule has 0 unspecified atom stereocenters. The SMILES string of the molecule is COC(=O)c1ccc(OCC(=O)N(C)CC(=O)N2CCOCC2)c(OC)c1. The van der Waals surface area contributed by atoms with Crippen LogP contribution >= 0.6 is 0 Å². The summed E-state index contributed by atoms with van der Waals surface area (Å²) >= 11 is 0. The van der Waals surface area contributed by atoms with Gasteiger partial charge in [0.15, 0.2) is 18.1 Å². The molecule has 9 heteroatoms. The fraction of sp³-hybridized carbons (Fsp3) is 0.500. The lowest BCUT2D eigenvalue weighted by Gasteiger charge is -2.28. The quantitative estimate of drug-likeness (QED) is 0.623. The molecule has 27 heavy (non-hydrogen) atoms. The molecule has 1 fully saturated rings. The van der Waals surface area contributed by atoms with Crippen molar-refractivity contribution in [3.05, 3.63) is 23.8 Å². The number of rotatable bonds is 7. The van der Waals surface area contributed by atoms with Crippen LogP contribution < -0.4 is 9.47 Å². The van der Waals surface area contributed by atoms with Crippen LogP contribution in [0.5, 0.6) is 11.5 Å². The number of carbonyl (C=O) groups is 3. The lowest BCUT2D eigenvalue weighted by atomic mass is 10.2. The topological polar surface area (TPSA) is 94.6 Å². The molecule has 0 saturated carbocycles. The minimum atomic E-state index is -0.503. The predicted octanol–water partition coefficient (Wildman–Crippen LogP) is 0.178. The average Bonchev–Trinajstić information content (AvgIpc) is 2.71. The van der Waals surface area contributed by atoms with E-state index >= 15 is 0 Å². The van der Waals surface area contributed by atoms with Gasteiger partial charge in [-0.1, -0.05) is 0 Å². The Morgan fingerprint density at radius 2 is 1.85 bits per heavy atom. The smallest absolute Gasteiger partial charge is 0.337 e. The van der Waals surface area contributed by atoms with Crippen LogP contribution in [0.4, 0.5) is 0 Å². The summed E-state index contributed by atoms with van der Waals surface area (Å²) in [4.78, 5) is 39.0. The standard InChI is InChI=1S/C18H24N2O7/c1-19(11-16(21)20-6-8-26-9-7-20)17(22)12-27-14-5-4-13(18(23)25-3)10-15(14)24-2/h4-5,10H,6-9,11-12H2,1-3H3. The van der Waals surface area contributed by atoms with Gasteiger partial charge >= 0.3 is 5.97 Å². The molecule has 0 N–H and O–H groups in total. The summed E-state index contributed by atoms with van der Waals surface area (Å²) in [7, 11) is 4.26. The molecule has 0 spiro atoms. The number of likely N-dealkylation sites (N-methyl/N-ethyl adjacent to an activating group) is 1. The van der Waals surface area contributed by atoms with E-state index in [-0.39, 0.29) is 25.0 Å². The van der Waals surface area contributed by atoms with Crippen LogP contribution in [0.2, 0.25) is 0 Å². The maximum atomic E-state index is 12.2. The summed E-state index contributed by atoms with van der Waals surface area (Å²) in [5.41, 5.74) is 0.307. The van der Waals surface area contributed by atoms with Crippen molar-refractivity contribution in [2.24, 2.45) is 0 Å².